The Hall–Kier alpha value is -1.29. The van der Waals surface area contributed by atoms with E-state index in [1.807, 2.05) is 12.4 Å². The molecule has 1 aromatic rings. The molecule has 1 aliphatic rings. The average molecular weight is 262 g/mol. The molecule has 1 saturated heterocycles. The van der Waals surface area contributed by atoms with Crippen molar-refractivity contribution >= 4 is 11.4 Å². The molecule has 0 radical (unpaired) electrons. The molecule has 2 heterocycles. The van der Waals surface area contributed by atoms with Crippen LogP contribution in [0.1, 0.15) is 20.3 Å². The predicted octanol–water partition coefficient (Wildman–Crippen LogP) is 2.29. The summed E-state index contributed by atoms with van der Waals surface area (Å²) in [6, 6.07) is 2.85. The van der Waals surface area contributed by atoms with Gasteiger partial charge in [0.1, 0.15) is 0 Å². The Bertz CT molecular complexity index is 405. The van der Waals surface area contributed by atoms with Crippen LogP contribution in [-0.2, 0) is 0 Å². The van der Waals surface area contributed by atoms with E-state index in [2.05, 4.69) is 54.1 Å². The summed E-state index contributed by atoms with van der Waals surface area (Å²) >= 11 is 0. The summed E-state index contributed by atoms with van der Waals surface area (Å²) in [6.07, 6.45) is 5.01. The number of nitrogens with one attached hydrogen (secondary N) is 1. The largest absolute Gasteiger partial charge is 0.384 e. The quantitative estimate of drug-likeness (QED) is 0.882. The standard InChI is InChI=1S/C15H26N4/c1-5-6-17-13-7-14(9-16-8-13)19-10-12(2)15(11-19)18(3)4/h7-9,12,15,17H,5-6,10-11H2,1-4H3. The molecular formula is C15H26N4. The number of pyridine rings is 1. The maximum absolute atomic E-state index is 4.36. The molecule has 1 aromatic heterocycles. The summed E-state index contributed by atoms with van der Waals surface area (Å²) in [5.41, 5.74) is 2.36. The lowest BCUT2D eigenvalue weighted by atomic mass is 10.1. The fourth-order valence-electron chi connectivity index (χ4n) is 2.80. The molecule has 0 spiro atoms. The van der Waals surface area contributed by atoms with Crippen LogP contribution in [0.5, 0.6) is 0 Å². The summed E-state index contributed by atoms with van der Waals surface area (Å²) < 4.78 is 0. The normalized spacial score (nSPS) is 23.1. The molecule has 2 atom stereocenters. The van der Waals surface area contributed by atoms with Crippen LogP contribution in [0.4, 0.5) is 11.4 Å². The average Bonchev–Trinajstić information content (AvgIpc) is 2.79. The Morgan fingerprint density at radius 3 is 2.79 bits per heavy atom. The van der Waals surface area contributed by atoms with Crippen LogP contribution >= 0.6 is 0 Å². The third-order valence-corrected chi connectivity index (χ3v) is 3.90. The number of hydrogen-bond donors (Lipinski definition) is 1. The van der Waals surface area contributed by atoms with E-state index < -0.39 is 0 Å². The number of nitrogens with zero attached hydrogens (tertiary/aromatic N) is 3. The number of rotatable bonds is 5. The molecule has 0 amide bonds. The lowest BCUT2D eigenvalue weighted by Gasteiger charge is -2.23. The maximum atomic E-state index is 4.36. The minimum Gasteiger partial charge on any atom is -0.384 e. The molecule has 1 N–H and O–H groups in total. The monoisotopic (exact) mass is 262 g/mol. The van der Waals surface area contributed by atoms with Gasteiger partial charge in [-0.2, -0.15) is 0 Å². The second-order valence-electron chi connectivity index (χ2n) is 5.77. The van der Waals surface area contributed by atoms with E-state index >= 15 is 0 Å². The first-order chi connectivity index (χ1) is 9.11. The highest BCUT2D eigenvalue weighted by Crippen LogP contribution is 2.27. The van der Waals surface area contributed by atoms with Gasteiger partial charge in [0.25, 0.3) is 0 Å². The minimum absolute atomic E-state index is 0.632. The van der Waals surface area contributed by atoms with Crippen molar-refractivity contribution in [3.63, 3.8) is 0 Å². The molecule has 106 valence electrons. The third kappa shape index (κ3) is 3.38. The second kappa shape index (κ2) is 6.24. The Morgan fingerprint density at radius 1 is 1.37 bits per heavy atom. The maximum Gasteiger partial charge on any atom is 0.0574 e. The summed E-state index contributed by atoms with van der Waals surface area (Å²) in [6.45, 7) is 7.71. The predicted molar refractivity (Wildman–Crippen MR) is 81.9 cm³/mol. The first kappa shape index (κ1) is 14.1. The first-order valence-electron chi connectivity index (χ1n) is 7.22. The van der Waals surface area contributed by atoms with Crippen LogP contribution in [0, 0.1) is 5.92 Å². The van der Waals surface area contributed by atoms with Gasteiger partial charge in [-0.1, -0.05) is 13.8 Å². The van der Waals surface area contributed by atoms with Crippen LogP contribution in [0.15, 0.2) is 18.5 Å². The van der Waals surface area contributed by atoms with Crippen molar-refractivity contribution < 1.29 is 0 Å². The molecule has 0 aliphatic carbocycles. The van der Waals surface area contributed by atoms with Gasteiger partial charge in [0.05, 0.1) is 23.8 Å². The highest BCUT2D eigenvalue weighted by atomic mass is 15.2. The zero-order valence-corrected chi connectivity index (χ0v) is 12.6. The van der Waals surface area contributed by atoms with Crippen molar-refractivity contribution in [1.29, 1.82) is 0 Å². The van der Waals surface area contributed by atoms with Crippen molar-refractivity contribution in [2.75, 3.05) is 43.9 Å². The molecular weight excluding hydrogens is 236 g/mol. The van der Waals surface area contributed by atoms with Crippen molar-refractivity contribution in [3.05, 3.63) is 18.5 Å². The SMILES string of the molecule is CCCNc1cncc(N2CC(C)C(N(C)C)C2)c1. The molecule has 0 aromatic carbocycles. The highest BCUT2D eigenvalue weighted by Gasteiger charge is 2.31. The van der Waals surface area contributed by atoms with Crippen LogP contribution in [0.2, 0.25) is 0 Å². The van der Waals surface area contributed by atoms with Crippen LogP contribution in [0.3, 0.4) is 0 Å². The van der Waals surface area contributed by atoms with E-state index in [9.17, 15) is 0 Å². The topological polar surface area (TPSA) is 31.4 Å². The molecule has 4 nitrogen and oxygen atoms in total. The Kier molecular flexibility index (Phi) is 4.64. The minimum atomic E-state index is 0.632. The van der Waals surface area contributed by atoms with Gasteiger partial charge in [-0.05, 0) is 32.5 Å². The molecule has 0 saturated carbocycles. The molecule has 2 rings (SSSR count). The van der Waals surface area contributed by atoms with Gasteiger partial charge >= 0.3 is 0 Å². The molecule has 1 aliphatic heterocycles. The van der Waals surface area contributed by atoms with E-state index in [-0.39, 0.29) is 0 Å². The number of likely N-dealkylation sites (N-methyl/N-ethyl adjacent to an activating group) is 1. The number of aromatic nitrogens is 1. The number of anilines is 2. The van der Waals surface area contributed by atoms with E-state index in [1.165, 1.54) is 5.69 Å². The highest BCUT2D eigenvalue weighted by molar-refractivity contribution is 5.56. The van der Waals surface area contributed by atoms with Gasteiger partial charge in [-0.3, -0.25) is 4.98 Å². The van der Waals surface area contributed by atoms with Crippen molar-refractivity contribution in [1.82, 2.24) is 9.88 Å². The van der Waals surface area contributed by atoms with Gasteiger partial charge < -0.3 is 15.1 Å². The van der Waals surface area contributed by atoms with Crippen LogP contribution in [-0.4, -0.2) is 49.7 Å². The lowest BCUT2D eigenvalue weighted by Crippen LogP contribution is -2.34. The fraction of sp³-hybridized carbons (Fsp3) is 0.667. The Labute approximate surface area is 116 Å². The molecule has 4 heteroatoms. The van der Waals surface area contributed by atoms with Gasteiger partial charge in [0, 0.05) is 25.7 Å². The van der Waals surface area contributed by atoms with E-state index in [0.717, 1.165) is 31.7 Å². The smallest absolute Gasteiger partial charge is 0.0574 e. The van der Waals surface area contributed by atoms with Crippen molar-refractivity contribution in [3.8, 4) is 0 Å². The Balaban J connectivity index is 2.06. The van der Waals surface area contributed by atoms with Crippen molar-refractivity contribution in [2.24, 2.45) is 5.92 Å². The second-order valence-corrected chi connectivity index (χ2v) is 5.77. The fourth-order valence-corrected chi connectivity index (χ4v) is 2.80. The van der Waals surface area contributed by atoms with Gasteiger partial charge in [-0.25, -0.2) is 0 Å². The van der Waals surface area contributed by atoms with E-state index in [0.29, 0.717) is 12.0 Å². The van der Waals surface area contributed by atoms with E-state index in [4.69, 9.17) is 0 Å². The summed E-state index contributed by atoms with van der Waals surface area (Å²) in [4.78, 5) is 9.13. The van der Waals surface area contributed by atoms with E-state index in [1.54, 1.807) is 0 Å². The van der Waals surface area contributed by atoms with Gasteiger partial charge in [0.2, 0.25) is 0 Å². The van der Waals surface area contributed by atoms with Gasteiger partial charge in [-0.15, -0.1) is 0 Å². The molecule has 19 heavy (non-hydrogen) atoms. The zero-order chi connectivity index (χ0) is 13.8. The molecule has 1 fully saturated rings. The molecule has 2 unspecified atom stereocenters. The number of hydrogen-bond acceptors (Lipinski definition) is 4. The first-order valence-corrected chi connectivity index (χ1v) is 7.22. The van der Waals surface area contributed by atoms with Crippen LogP contribution in [0.25, 0.3) is 0 Å². The summed E-state index contributed by atoms with van der Waals surface area (Å²) in [5.74, 6) is 0.697. The van der Waals surface area contributed by atoms with Crippen molar-refractivity contribution in [2.45, 2.75) is 26.3 Å². The Morgan fingerprint density at radius 2 is 2.16 bits per heavy atom. The van der Waals surface area contributed by atoms with Crippen LogP contribution < -0.4 is 10.2 Å². The van der Waals surface area contributed by atoms with Gasteiger partial charge in [0.15, 0.2) is 0 Å². The summed E-state index contributed by atoms with van der Waals surface area (Å²) in [7, 11) is 4.34. The third-order valence-electron chi connectivity index (χ3n) is 3.90. The summed E-state index contributed by atoms with van der Waals surface area (Å²) in [5, 5.41) is 3.40. The zero-order valence-electron chi connectivity index (χ0n) is 12.6. The molecule has 0 bridgehead atoms. The lowest BCUT2D eigenvalue weighted by molar-refractivity contribution is 0.266.